The number of aliphatic hydroxyl groups excluding tert-OH is 6. The molecule has 3 heterocycles. The Morgan fingerprint density at radius 3 is 2.54 bits per heavy atom. The SMILES string of the molecule is CC(=O)N[C@H]1[C@H]([C@H](O)[C@H](O)CO)OC(OP(=O)(O)OC[C@H]2O[C@@H](n3ccc(N)nc3=O)[C@H](O)[C@@H]2O)(C(=O)O)C[C@@H]1O. The number of nitrogens with zero attached hydrogens (tertiary/aromatic N) is 2. The van der Waals surface area contributed by atoms with Crippen LogP contribution in [0.5, 0.6) is 0 Å². The Kier molecular flexibility index (Phi) is 10.2. The molecule has 1 aromatic rings. The van der Waals surface area contributed by atoms with Gasteiger partial charge >= 0.3 is 19.5 Å². The maximum absolute atomic E-state index is 12.8. The molecule has 2 fully saturated rings. The van der Waals surface area contributed by atoms with Gasteiger partial charge in [-0.15, -0.1) is 0 Å². The number of phosphoric ester groups is 1. The maximum Gasteiger partial charge on any atom is 0.475 e. The molecule has 2 aliphatic heterocycles. The van der Waals surface area contributed by atoms with Crippen LogP contribution in [0.2, 0.25) is 0 Å². The monoisotopic (exact) mass is 614 g/mol. The second kappa shape index (κ2) is 12.7. The van der Waals surface area contributed by atoms with Crippen LogP contribution in [-0.4, -0.2) is 130 Å². The lowest BCUT2D eigenvalue weighted by atomic mass is 9.88. The van der Waals surface area contributed by atoms with E-state index < -0.39 is 106 Å². The minimum absolute atomic E-state index is 0.135. The van der Waals surface area contributed by atoms with Crippen molar-refractivity contribution in [2.75, 3.05) is 18.9 Å². The molecule has 1 amide bonds. The van der Waals surface area contributed by atoms with Crippen LogP contribution in [0.3, 0.4) is 0 Å². The van der Waals surface area contributed by atoms with Gasteiger partial charge in [-0.05, 0) is 6.07 Å². The van der Waals surface area contributed by atoms with Crippen molar-refractivity contribution in [1.82, 2.24) is 14.9 Å². The molecule has 0 saturated carbocycles. The number of nitrogens with two attached hydrogens (primary N) is 1. The molecule has 2 saturated heterocycles. The zero-order valence-corrected chi connectivity index (χ0v) is 22.1. The number of carboxylic acid groups (broad SMARTS) is 1. The van der Waals surface area contributed by atoms with Gasteiger partial charge in [-0.2, -0.15) is 4.98 Å². The van der Waals surface area contributed by atoms with Gasteiger partial charge < -0.3 is 61.2 Å². The van der Waals surface area contributed by atoms with E-state index >= 15 is 0 Å². The lowest BCUT2D eigenvalue weighted by molar-refractivity contribution is -0.289. The van der Waals surface area contributed by atoms with Crippen molar-refractivity contribution in [2.24, 2.45) is 0 Å². The summed E-state index contributed by atoms with van der Waals surface area (Å²) in [6.07, 6.45) is -14.6. The number of amides is 1. The van der Waals surface area contributed by atoms with Gasteiger partial charge in [0.1, 0.15) is 42.4 Å². The van der Waals surface area contributed by atoms with E-state index in [0.717, 1.165) is 17.7 Å². The minimum atomic E-state index is -5.52. The molecule has 0 radical (unpaired) electrons. The second-order valence-corrected chi connectivity index (χ2v) is 10.7. The quantitative estimate of drug-likeness (QED) is 0.104. The van der Waals surface area contributed by atoms with Crippen molar-refractivity contribution in [3.63, 3.8) is 0 Å². The summed E-state index contributed by atoms with van der Waals surface area (Å²) in [4.78, 5) is 49.6. The van der Waals surface area contributed by atoms with E-state index in [4.69, 9.17) is 24.3 Å². The van der Waals surface area contributed by atoms with Gasteiger partial charge in [-0.3, -0.25) is 13.9 Å². The van der Waals surface area contributed by atoms with E-state index in [9.17, 15) is 59.6 Å². The molecule has 11 N–H and O–H groups in total. The first-order valence-electron chi connectivity index (χ1n) is 11.9. The molecule has 41 heavy (non-hydrogen) atoms. The number of rotatable bonds is 11. The van der Waals surface area contributed by atoms with Crippen LogP contribution in [0, 0.1) is 0 Å². The number of aliphatic hydroxyl groups is 6. The summed E-state index contributed by atoms with van der Waals surface area (Å²) >= 11 is 0. The zero-order valence-electron chi connectivity index (χ0n) is 21.2. The topological polar surface area (TPSA) is 323 Å². The summed E-state index contributed by atoms with van der Waals surface area (Å²) in [5, 5.41) is 72.7. The van der Waals surface area contributed by atoms with Gasteiger partial charge in [0.25, 0.3) is 5.79 Å². The number of aromatic nitrogens is 2. The number of ether oxygens (including phenoxy) is 2. The molecule has 0 aromatic carbocycles. The molecule has 3 rings (SSSR count). The van der Waals surface area contributed by atoms with Gasteiger partial charge in [-0.25, -0.2) is 18.7 Å². The van der Waals surface area contributed by atoms with Crippen LogP contribution in [0.15, 0.2) is 17.1 Å². The van der Waals surface area contributed by atoms with E-state index in [1.807, 2.05) is 0 Å². The smallest absolute Gasteiger partial charge is 0.475 e. The second-order valence-electron chi connectivity index (χ2n) is 9.32. The predicted molar refractivity (Wildman–Crippen MR) is 128 cm³/mol. The highest BCUT2D eigenvalue weighted by Crippen LogP contribution is 2.51. The zero-order chi connectivity index (χ0) is 30.9. The van der Waals surface area contributed by atoms with Crippen molar-refractivity contribution in [3.05, 3.63) is 22.7 Å². The van der Waals surface area contributed by atoms with Crippen molar-refractivity contribution in [2.45, 2.75) is 74.1 Å². The summed E-state index contributed by atoms with van der Waals surface area (Å²) in [5.41, 5.74) is 4.46. The third-order valence-electron chi connectivity index (χ3n) is 6.31. The Morgan fingerprint density at radius 1 is 1.32 bits per heavy atom. The summed E-state index contributed by atoms with van der Waals surface area (Å²) in [5.74, 6) is -6.20. The van der Waals surface area contributed by atoms with Crippen LogP contribution in [0.4, 0.5) is 5.82 Å². The highest BCUT2D eigenvalue weighted by atomic mass is 31.2. The Hall–Kier alpha value is -2.59. The first-order chi connectivity index (χ1) is 19.0. The Labute approximate surface area is 230 Å². The first kappa shape index (κ1) is 32.9. The van der Waals surface area contributed by atoms with Crippen LogP contribution >= 0.6 is 7.82 Å². The van der Waals surface area contributed by atoms with Gasteiger partial charge in [0.05, 0.1) is 25.4 Å². The highest BCUT2D eigenvalue weighted by molar-refractivity contribution is 7.47. The molecule has 232 valence electrons. The van der Waals surface area contributed by atoms with Crippen molar-refractivity contribution in [1.29, 1.82) is 0 Å². The summed E-state index contributed by atoms with van der Waals surface area (Å²) < 4.78 is 33.7. The molecule has 11 atom stereocenters. The molecule has 2 unspecified atom stereocenters. The molecule has 1 aromatic heterocycles. The number of hydrogen-bond donors (Lipinski definition) is 10. The van der Waals surface area contributed by atoms with E-state index in [1.54, 1.807) is 0 Å². The molecule has 0 aliphatic carbocycles. The first-order valence-corrected chi connectivity index (χ1v) is 13.4. The van der Waals surface area contributed by atoms with Crippen molar-refractivity contribution >= 4 is 25.5 Å². The van der Waals surface area contributed by atoms with E-state index in [1.165, 1.54) is 6.07 Å². The number of carbonyl (C=O) groups is 2. The van der Waals surface area contributed by atoms with Gasteiger partial charge in [0.15, 0.2) is 6.23 Å². The summed E-state index contributed by atoms with van der Waals surface area (Å²) in [6, 6.07) is -0.362. The number of nitrogen functional groups attached to an aromatic ring is 1. The van der Waals surface area contributed by atoms with Gasteiger partial charge in [-0.1, -0.05) is 0 Å². The van der Waals surface area contributed by atoms with E-state index in [0.29, 0.717) is 0 Å². The van der Waals surface area contributed by atoms with Crippen LogP contribution in [0.25, 0.3) is 0 Å². The number of carbonyl (C=O) groups excluding carboxylic acids is 1. The molecule has 21 heteroatoms. The molecule has 0 bridgehead atoms. The van der Waals surface area contributed by atoms with E-state index in [2.05, 4.69) is 10.3 Å². The number of carboxylic acids is 1. The third kappa shape index (κ3) is 7.25. The average molecular weight is 614 g/mol. The predicted octanol–water partition coefficient (Wildman–Crippen LogP) is -5.27. The fraction of sp³-hybridized carbons (Fsp3) is 0.700. The fourth-order valence-electron chi connectivity index (χ4n) is 4.32. The fourth-order valence-corrected chi connectivity index (χ4v) is 5.27. The van der Waals surface area contributed by atoms with E-state index in [-0.39, 0.29) is 5.82 Å². The Balaban J connectivity index is 1.79. The highest BCUT2D eigenvalue weighted by Gasteiger charge is 2.59. The molecule has 2 aliphatic rings. The van der Waals surface area contributed by atoms with Gasteiger partial charge in [0.2, 0.25) is 5.91 Å². The number of phosphoric acid groups is 1. The molecule has 20 nitrogen and oxygen atoms in total. The van der Waals surface area contributed by atoms with Crippen LogP contribution in [-0.2, 0) is 32.7 Å². The lowest BCUT2D eigenvalue weighted by Gasteiger charge is -2.46. The average Bonchev–Trinajstić information content (AvgIpc) is 3.16. The minimum Gasteiger partial charge on any atom is -0.477 e. The van der Waals surface area contributed by atoms with Crippen LogP contribution in [0.1, 0.15) is 19.6 Å². The largest absolute Gasteiger partial charge is 0.477 e. The lowest BCUT2D eigenvalue weighted by Crippen LogP contribution is -2.67. The Morgan fingerprint density at radius 2 is 1.98 bits per heavy atom. The molecular formula is C20H31N4O16P. The molecular weight excluding hydrogens is 583 g/mol. The third-order valence-corrected chi connectivity index (χ3v) is 7.32. The molecule has 0 spiro atoms. The maximum atomic E-state index is 12.8. The summed E-state index contributed by atoms with van der Waals surface area (Å²) in [6.45, 7) is -1.05. The normalized spacial score (nSPS) is 34.9. The number of anilines is 1. The van der Waals surface area contributed by atoms with Crippen LogP contribution < -0.4 is 16.7 Å². The Bertz CT molecular complexity index is 1220. The van der Waals surface area contributed by atoms with Gasteiger partial charge in [0, 0.05) is 19.5 Å². The number of hydrogen-bond acceptors (Lipinski definition) is 16. The number of aliphatic carboxylic acids is 1. The standard InChI is InChI=1S/C20H31N4O16P/c1-7(26)22-12-8(27)4-20(18(32)33,39-16(12)13(29)9(28)5-25)40-41(35,36)37-6-10-14(30)15(31)17(38-10)24-3-2-11(21)23-19(24)34/h2-3,8-10,12-17,25,27-31H,4-6H2,1H3,(H,22,26)(H,32,33)(H,35,36)(H2,21,23,34)/t8-,9+,10+,12+,13+,14+,15+,16+,17+,20?/m0/s1. The number of nitrogens with one attached hydrogen (secondary N) is 1. The van der Waals surface area contributed by atoms with Crippen molar-refractivity contribution in [3.8, 4) is 0 Å². The van der Waals surface area contributed by atoms with Crippen molar-refractivity contribution < 1.29 is 73.3 Å². The summed E-state index contributed by atoms with van der Waals surface area (Å²) in [7, 11) is -5.52.